The molecule has 0 spiro atoms. The second-order valence-electron chi connectivity index (χ2n) is 6.38. The van der Waals surface area contributed by atoms with Crippen molar-refractivity contribution in [2.75, 3.05) is 0 Å². The Morgan fingerprint density at radius 2 is 1.48 bits per heavy atom. The third-order valence-electron chi connectivity index (χ3n) is 4.64. The number of rotatable bonds is 1. The van der Waals surface area contributed by atoms with Crippen molar-refractivity contribution >= 4 is 21.5 Å². The molecule has 0 saturated carbocycles. The Labute approximate surface area is 136 Å². The number of fused-ring (bicyclic) bond motifs is 2. The van der Waals surface area contributed by atoms with E-state index in [-0.39, 0.29) is 0 Å². The summed E-state index contributed by atoms with van der Waals surface area (Å²) < 4.78 is 2.24. The van der Waals surface area contributed by atoms with E-state index in [2.05, 4.69) is 92.3 Å². The van der Waals surface area contributed by atoms with Crippen molar-refractivity contribution in [1.82, 2.24) is 0 Å². The lowest BCUT2D eigenvalue weighted by Gasteiger charge is -2.10. The first-order chi connectivity index (χ1) is 11.1. The van der Waals surface area contributed by atoms with Crippen molar-refractivity contribution in [2.24, 2.45) is 7.05 Å². The highest BCUT2D eigenvalue weighted by Gasteiger charge is 2.17. The number of hydrogen-bond donors (Lipinski definition) is 0. The van der Waals surface area contributed by atoms with E-state index in [0.29, 0.717) is 0 Å². The molecular weight excluding hydrogens is 278 g/mol. The van der Waals surface area contributed by atoms with E-state index in [0.717, 1.165) is 0 Å². The molecule has 0 bridgehead atoms. The van der Waals surface area contributed by atoms with Crippen molar-refractivity contribution < 1.29 is 4.57 Å². The zero-order chi connectivity index (χ0) is 16.0. The Kier molecular flexibility index (Phi) is 3.16. The Morgan fingerprint density at radius 3 is 2.26 bits per heavy atom. The minimum Gasteiger partial charge on any atom is -0.200 e. The van der Waals surface area contributed by atoms with Gasteiger partial charge in [0.25, 0.3) is 0 Å². The van der Waals surface area contributed by atoms with E-state index in [1.807, 2.05) is 0 Å². The van der Waals surface area contributed by atoms with Crippen LogP contribution in [0.2, 0.25) is 0 Å². The Morgan fingerprint density at radius 1 is 0.739 bits per heavy atom. The highest BCUT2D eigenvalue weighted by molar-refractivity contribution is 5.97. The van der Waals surface area contributed by atoms with E-state index < -0.39 is 0 Å². The molecule has 112 valence electrons. The first-order valence-electron chi connectivity index (χ1n) is 8.02. The summed E-state index contributed by atoms with van der Waals surface area (Å²) in [7, 11) is 2.13. The van der Waals surface area contributed by atoms with Crippen LogP contribution in [0.4, 0.5) is 0 Å². The van der Waals surface area contributed by atoms with E-state index in [9.17, 15) is 0 Å². The molecule has 0 saturated heterocycles. The highest BCUT2D eigenvalue weighted by atomic mass is 14.9. The fraction of sp³-hybridized carbons (Fsp3) is 0.136. The molecule has 0 aliphatic carbocycles. The molecule has 1 heterocycles. The Hall–Kier alpha value is -2.67. The normalized spacial score (nSPS) is 11.3. The van der Waals surface area contributed by atoms with Crippen LogP contribution in [0.5, 0.6) is 0 Å². The number of aromatic nitrogens is 1. The average molecular weight is 298 g/mol. The number of pyridine rings is 1. The van der Waals surface area contributed by atoms with Gasteiger partial charge in [0.05, 0.1) is 10.9 Å². The number of benzene rings is 3. The lowest BCUT2D eigenvalue weighted by atomic mass is 9.95. The minimum absolute atomic E-state index is 1.29. The molecule has 0 amide bonds. The summed E-state index contributed by atoms with van der Waals surface area (Å²) in [6.45, 7) is 4.36. The zero-order valence-electron chi connectivity index (χ0n) is 13.8. The maximum Gasteiger partial charge on any atom is 0.220 e. The summed E-state index contributed by atoms with van der Waals surface area (Å²) in [4.78, 5) is 0. The zero-order valence-corrected chi connectivity index (χ0v) is 13.8. The predicted molar refractivity (Wildman–Crippen MR) is 97.5 cm³/mol. The molecule has 1 aromatic heterocycles. The van der Waals surface area contributed by atoms with E-state index in [4.69, 9.17) is 0 Å². The first-order valence-corrected chi connectivity index (χ1v) is 8.02. The average Bonchev–Trinajstić information content (AvgIpc) is 2.54. The number of hydrogen-bond acceptors (Lipinski definition) is 0. The van der Waals surface area contributed by atoms with Crippen LogP contribution in [-0.4, -0.2) is 0 Å². The van der Waals surface area contributed by atoms with Gasteiger partial charge in [-0.15, -0.1) is 0 Å². The molecule has 23 heavy (non-hydrogen) atoms. The van der Waals surface area contributed by atoms with Gasteiger partial charge in [-0.05, 0) is 47.7 Å². The van der Waals surface area contributed by atoms with Gasteiger partial charge in [0, 0.05) is 6.07 Å². The van der Waals surface area contributed by atoms with Gasteiger partial charge in [-0.1, -0.05) is 48.0 Å². The Balaban J connectivity index is 2.11. The third kappa shape index (κ3) is 2.29. The lowest BCUT2D eigenvalue weighted by Crippen LogP contribution is -2.30. The molecule has 0 N–H and O–H groups in total. The SMILES string of the molecule is Cc1ccc2cc[n+](C)c(-c3cc4ccccc4cc3C)c2c1. The second-order valence-corrected chi connectivity index (χ2v) is 6.38. The second kappa shape index (κ2) is 5.20. The molecule has 0 fully saturated rings. The molecule has 4 rings (SSSR count). The molecule has 1 heteroatoms. The van der Waals surface area contributed by atoms with Crippen molar-refractivity contribution in [3.63, 3.8) is 0 Å². The molecule has 0 radical (unpaired) electrons. The summed E-state index contributed by atoms with van der Waals surface area (Å²) in [5.41, 5.74) is 5.20. The summed E-state index contributed by atoms with van der Waals surface area (Å²) in [6, 6.07) is 22.1. The van der Waals surface area contributed by atoms with Gasteiger partial charge in [0.1, 0.15) is 7.05 Å². The molecule has 3 aromatic carbocycles. The Bertz CT molecular complexity index is 1040. The first kappa shape index (κ1) is 14.0. The van der Waals surface area contributed by atoms with Gasteiger partial charge in [-0.2, -0.15) is 0 Å². The molecule has 0 aliphatic rings. The minimum atomic E-state index is 1.29. The molecule has 0 unspecified atom stereocenters. The molecule has 4 aromatic rings. The van der Waals surface area contributed by atoms with Gasteiger partial charge in [0.2, 0.25) is 5.69 Å². The van der Waals surface area contributed by atoms with Crippen LogP contribution in [0.1, 0.15) is 11.1 Å². The van der Waals surface area contributed by atoms with Crippen LogP contribution in [0.25, 0.3) is 32.8 Å². The van der Waals surface area contributed by atoms with E-state index >= 15 is 0 Å². The van der Waals surface area contributed by atoms with Crippen LogP contribution >= 0.6 is 0 Å². The molecule has 0 atom stereocenters. The van der Waals surface area contributed by atoms with Crippen LogP contribution in [0, 0.1) is 13.8 Å². The monoisotopic (exact) mass is 298 g/mol. The van der Waals surface area contributed by atoms with Crippen LogP contribution in [0.15, 0.2) is 66.9 Å². The highest BCUT2D eigenvalue weighted by Crippen LogP contribution is 2.31. The molecular formula is C22H20N+. The van der Waals surface area contributed by atoms with Crippen molar-refractivity contribution in [1.29, 1.82) is 0 Å². The van der Waals surface area contributed by atoms with Gasteiger partial charge >= 0.3 is 0 Å². The third-order valence-corrected chi connectivity index (χ3v) is 4.64. The quantitative estimate of drug-likeness (QED) is 0.430. The predicted octanol–water partition coefficient (Wildman–Crippen LogP) is 5.10. The van der Waals surface area contributed by atoms with Crippen molar-refractivity contribution in [3.8, 4) is 11.3 Å². The van der Waals surface area contributed by atoms with Crippen LogP contribution in [-0.2, 0) is 7.05 Å². The van der Waals surface area contributed by atoms with E-state index in [1.54, 1.807) is 0 Å². The maximum atomic E-state index is 2.32. The van der Waals surface area contributed by atoms with Gasteiger partial charge in [0.15, 0.2) is 6.20 Å². The fourth-order valence-corrected chi connectivity index (χ4v) is 3.42. The smallest absolute Gasteiger partial charge is 0.200 e. The number of nitrogens with zero attached hydrogens (tertiary/aromatic N) is 1. The summed E-state index contributed by atoms with van der Waals surface area (Å²) >= 11 is 0. The topological polar surface area (TPSA) is 3.88 Å². The fourth-order valence-electron chi connectivity index (χ4n) is 3.42. The summed E-state index contributed by atoms with van der Waals surface area (Å²) in [5.74, 6) is 0. The lowest BCUT2D eigenvalue weighted by molar-refractivity contribution is -0.659. The maximum absolute atomic E-state index is 2.32. The largest absolute Gasteiger partial charge is 0.220 e. The van der Waals surface area contributed by atoms with Gasteiger partial charge in [-0.3, -0.25) is 0 Å². The standard InChI is InChI=1S/C22H20N/c1-15-8-9-17-10-11-23(3)22(21(17)12-15)20-14-19-7-5-4-6-18(19)13-16(20)2/h4-14H,1-3H3/q+1. The molecule has 1 nitrogen and oxygen atoms in total. The van der Waals surface area contributed by atoms with Crippen molar-refractivity contribution in [3.05, 3.63) is 78.0 Å². The van der Waals surface area contributed by atoms with Crippen molar-refractivity contribution in [2.45, 2.75) is 13.8 Å². The van der Waals surface area contributed by atoms with Gasteiger partial charge in [-0.25, -0.2) is 4.57 Å². The summed E-state index contributed by atoms with van der Waals surface area (Å²) in [5, 5.41) is 5.19. The van der Waals surface area contributed by atoms with E-state index in [1.165, 1.54) is 43.9 Å². The van der Waals surface area contributed by atoms with Gasteiger partial charge < -0.3 is 0 Å². The number of aryl methyl sites for hydroxylation is 3. The molecule has 0 aliphatic heterocycles. The summed E-state index contributed by atoms with van der Waals surface area (Å²) in [6.07, 6.45) is 2.15. The van der Waals surface area contributed by atoms with Crippen LogP contribution < -0.4 is 4.57 Å². The van der Waals surface area contributed by atoms with Crippen LogP contribution in [0.3, 0.4) is 0 Å².